The highest BCUT2D eigenvalue weighted by atomic mass is 32.2. The molecule has 0 unspecified atom stereocenters. The maximum absolute atomic E-state index is 12.6. The molecule has 0 atom stereocenters. The van der Waals surface area contributed by atoms with E-state index in [0.29, 0.717) is 11.5 Å². The van der Waals surface area contributed by atoms with Crippen molar-refractivity contribution in [2.75, 3.05) is 14.2 Å². The fourth-order valence-electron chi connectivity index (χ4n) is 2.03. The van der Waals surface area contributed by atoms with Crippen LogP contribution in [0.1, 0.15) is 11.5 Å². The molecule has 2 aromatic rings. The summed E-state index contributed by atoms with van der Waals surface area (Å²) in [5.41, 5.74) is -0.245. The Balaban J connectivity index is 2.36. The lowest BCUT2D eigenvalue weighted by atomic mass is 10.3. The van der Waals surface area contributed by atoms with Crippen LogP contribution in [0.25, 0.3) is 0 Å². The van der Waals surface area contributed by atoms with Crippen LogP contribution in [0.5, 0.6) is 5.75 Å². The minimum Gasteiger partial charge on any atom is -0.495 e. The number of non-ortho nitro benzene ring substituents is 1. The molecule has 0 fully saturated rings. The lowest BCUT2D eigenvalue weighted by molar-refractivity contribution is -0.385. The first-order chi connectivity index (χ1) is 10.8. The Bertz CT molecular complexity index is 828. The summed E-state index contributed by atoms with van der Waals surface area (Å²) < 4.78 is 36.7. The molecule has 1 aromatic heterocycles. The van der Waals surface area contributed by atoms with E-state index in [0.717, 1.165) is 22.5 Å². The number of hydrogen-bond acceptors (Lipinski definition) is 6. The molecule has 8 nitrogen and oxygen atoms in total. The van der Waals surface area contributed by atoms with Crippen LogP contribution in [0, 0.1) is 17.0 Å². The predicted octanol–water partition coefficient (Wildman–Crippen LogP) is 2.33. The van der Waals surface area contributed by atoms with Gasteiger partial charge in [0, 0.05) is 13.1 Å². The van der Waals surface area contributed by atoms with E-state index >= 15 is 0 Å². The molecule has 2 rings (SSSR count). The van der Waals surface area contributed by atoms with Crippen LogP contribution >= 0.6 is 0 Å². The van der Waals surface area contributed by atoms with Crippen molar-refractivity contribution in [3.8, 4) is 5.75 Å². The molecule has 0 aliphatic carbocycles. The van der Waals surface area contributed by atoms with Crippen molar-refractivity contribution in [2.45, 2.75) is 18.4 Å². The number of nitro groups is 1. The van der Waals surface area contributed by atoms with E-state index in [-0.39, 0.29) is 22.9 Å². The van der Waals surface area contributed by atoms with Gasteiger partial charge in [0.2, 0.25) is 10.0 Å². The molecule has 9 heteroatoms. The van der Waals surface area contributed by atoms with Crippen LogP contribution < -0.4 is 4.74 Å². The Morgan fingerprint density at radius 1 is 1.30 bits per heavy atom. The average Bonchev–Trinajstić information content (AvgIpc) is 2.91. The Labute approximate surface area is 133 Å². The predicted molar refractivity (Wildman–Crippen MR) is 81.7 cm³/mol. The number of sulfonamides is 1. The number of benzene rings is 1. The fraction of sp³-hybridized carbons (Fsp3) is 0.286. The summed E-state index contributed by atoms with van der Waals surface area (Å²) in [6, 6.07) is 6.80. The van der Waals surface area contributed by atoms with Gasteiger partial charge in [0.1, 0.15) is 22.2 Å². The molecule has 0 aliphatic rings. The number of methoxy groups -OCH3 is 1. The third kappa shape index (κ3) is 3.51. The minimum absolute atomic E-state index is 0.0380. The van der Waals surface area contributed by atoms with Crippen LogP contribution in [0.4, 0.5) is 5.69 Å². The van der Waals surface area contributed by atoms with E-state index in [1.54, 1.807) is 19.1 Å². The molecule has 0 aliphatic heterocycles. The van der Waals surface area contributed by atoms with Gasteiger partial charge in [0.15, 0.2) is 0 Å². The molecule has 23 heavy (non-hydrogen) atoms. The van der Waals surface area contributed by atoms with Gasteiger partial charge in [-0.3, -0.25) is 10.1 Å². The van der Waals surface area contributed by atoms with Crippen molar-refractivity contribution in [1.82, 2.24) is 4.31 Å². The molecule has 0 saturated heterocycles. The van der Waals surface area contributed by atoms with Crippen LogP contribution in [0.15, 0.2) is 39.6 Å². The molecule has 0 radical (unpaired) electrons. The minimum atomic E-state index is -3.89. The molecule has 124 valence electrons. The fourth-order valence-corrected chi connectivity index (χ4v) is 3.29. The SMILES string of the molecule is COc1cc([N+](=O)[O-])ccc1S(=O)(=O)N(C)Cc1ccc(C)o1. The molecular weight excluding hydrogens is 324 g/mol. The summed E-state index contributed by atoms with van der Waals surface area (Å²) in [5, 5.41) is 10.8. The highest BCUT2D eigenvalue weighted by molar-refractivity contribution is 7.89. The van der Waals surface area contributed by atoms with E-state index in [9.17, 15) is 18.5 Å². The van der Waals surface area contributed by atoms with E-state index in [1.807, 2.05) is 0 Å². The zero-order chi connectivity index (χ0) is 17.2. The van der Waals surface area contributed by atoms with Gasteiger partial charge in [0.05, 0.1) is 24.6 Å². The second-order valence-corrected chi connectivity index (χ2v) is 6.88. The number of nitro benzene ring substituents is 1. The first kappa shape index (κ1) is 17.0. The monoisotopic (exact) mass is 340 g/mol. The summed E-state index contributed by atoms with van der Waals surface area (Å²) in [7, 11) is -1.23. The van der Waals surface area contributed by atoms with E-state index < -0.39 is 14.9 Å². The van der Waals surface area contributed by atoms with E-state index in [2.05, 4.69) is 0 Å². The quantitative estimate of drug-likeness (QED) is 0.590. The number of aryl methyl sites for hydroxylation is 1. The van der Waals surface area contributed by atoms with Crippen LogP contribution in [0.2, 0.25) is 0 Å². The number of hydrogen-bond donors (Lipinski definition) is 0. The third-order valence-corrected chi connectivity index (χ3v) is 5.06. The normalized spacial score (nSPS) is 11.7. The molecule has 1 aromatic carbocycles. The largest absolute Gasteiger partial charge is 0.495 e. The molecule has 0 saturated carbocycles. The average molecular weight is 340 g/mol. The maximum atomic E-state index is 12.6. The van der Waals surface area contributed by atoms with Crippen molar-refractivity contribution in [2.24, 2.45) is 0 Å². The zero-order valence-electron chi connectivity index (χ0n) is 12.8. The van der Waals surface area contributed by atoms with Gasteiger partial charge in [-0.05, 0) is 25.1 Å². The highest BCUT2D eigenvalue weighted by Gasteiger charge is 2.27. The molecular formula is C14H16N2O6S. The van der Waals surface area contributed by atoms with Crippen molar-refractivity contribution in [3.63, 3.8) is 0 Å². The first-order valence-corrected chi connectivity index (χ1v) is 8.04. The number of furan rings is 1. The third-order valence-electron chi connectivity index (χ3n) is 3.22. The number of rotatable bonds is 6. The second kappa shape index (κ2) is 6.39. The summed E-state index contributed by atoms with van der Waals surface area (Å²) in [4.78, 5) is 10.0. The van der Waals surface area contributed by atoms with Crippen LogP contribution in [0.3, 0.4) is 0 Å². The topological polar surface area (TPSA) is 103 Å². The molecule has 0 spiro atoms. The van der Waals surface area contributed by atoms with Crippen LogP contribution in [-0.4, -0.2) is 31.8 Å². The van der Waals surface area contributed by atoms with Gasteiger partial charge in [0.25, 0.3) is 5.69 Å². The van der Waals surface area contributed by atoms with E-state index in [4.69, 9.17) is 9.15 Å². The lowest BCUT2D eigenvalue weighted by Crippen LogP contribution is -2.26. The standard InChI is InChI=1S/C14H16N2O6S/c1-10-4-6-12(22-10)9-15(2)23(19,20)14-7-5-11(16(17)18)8-13(14)21-3/h4-8H,9H2,1-3H3. The summed E-state index contributed by atoms with van der Waals surface area (Å²) in [5.74, 6) is 1.09. The van der Waals surface area contributed by atoms with Crippen molar-refractivity contribution >= 4 is 15.7 Å². The van der Waals surface area contributed by atoms with Crippen molar-refractivity contribution in [1.29, 1.82) is 0 Å². The van der Waals surface area contributed by atoms with Gasteiger partial charge < -0.3 is 9.15 Å². The molecule has 0 bridgehead atoms. The number of ether oxygens (including phenoxy) is 1. The Kier molecular flexibility index (Phi) is 4.71. The number of nitrogens with zero attached hydrogens (tertiary/aromatic N) is 2. The molecule has 0 N–H and O–H groups in total. The second-order valence-electron chi connectivity index (χ2n) is 4.87. The summed E-state index contributed by atoms with van der Waals surface area (Å²) in [6.07, 6.45) is 0. The molecule has 1 heterocycles. The maximum Gasteiger partial charge on any atom is 0.273 e. The van der Waals surface area contributed by atoms with Crippen molar-refractivity contribution < 1.29 is 22.5 Å². The van der Waals surface area contributed by atoms with Crippen LogP contribution in [-0.2, 0) is 16.6 Å². The summed E-state index contributed by atoms with van der Waals surface area (Å²) in [6.45, 7) is 1.80. The lowest BCUT2D eigenvalue weighted by Gasteiger charge is -2.17. The van der Waals surface area contributed by atoms with Gasteiger partial charge >= 0.3 is 0 Å². The van der Waals surface area contributed by atoms with Crippen molar-refractivity contribution in [3.05, 3.63) is 52.0 Å². The van der Waals surface area contributed by atoms with Gasteiger partial charge in [-0.2, -0.15) is 4.31 Å². The Morgan fingerprint density at radius 2 is 2.00 bits per heavy atom. The zero-order valence-corrected chi connectivity index (χ0v) is 13.7. The van der Waals surface area contributed by atoms with Gasteiger partial charge in [-0.25, -0.2) is 8.42 Å². The Hall–Kier alpha value is -2.39. The van der Waals surface area contributed by atoms with Gasteiger partial charge in [-0.1, -0.05) is 0 Å². The summed E-state index contributed by atoms with van der Waals surface area (Å²) >= 11 is 0. The first-order valence-electron chi connectivity index (χ1n) is 6.60. The van der Waals surface area contributed by atoms with E-state index in [1.165, 1.54) is 14.2 Å². The Morgan fingerprint density at radius 3 is 2.52 bits per heavy atom. The highest BCUT2D eigenvalue weighted by Crippen LogP contribution is 2.30. The smallest absolute Gasteiger partial charge is 0.273 e. The van der Waals surface area contributed by atoms with Gasteiger partial charge in [-0.15, -0.1) is 0 Å². The molecule has 0 amide bonds.